The Morgan fingerprint density at radius 1 is 1.04 bits per heavy atom. The van der Waals surface area contributed by atoms with Crippen molar-refractivity contribution in [1.82, 2.24) is 4.90 Å². The second kappa shape index (κ2) is 7.80. The lowest BCUT2D eigenvalue weighted by Gasteiger charge is -2.34. The highest BCUT2D eigenvalue weighted by atomic mass is 16.5. The van der Waals surface area contributed by atoms with Crippen LogP contribution >= 0.6 is 0 Å². The van der Waals surface area contributed by atoms with Crippen LogP contribution in [-0.2, 0) is 9.53 Å². The van der Waals surface area contributed by atoms with Crippen molar-refractivity contribution in [1.29, 1.82) is 0 Å². The van der Waals surface area contributed by atoms with Crippen LogP contribution in [0.4, 0.5) is 0 Å². The molecule has 2 fully saturated rings. The summed E-state index contributed by atoms with van der Waals surface area (Å²) in [7, 11) is 0. The maximum Gasteiger partial charge on any atom is 0.289 e. The summed E-state index contributed by atoms with van der Waals surface area (Å²) in [6.07, 6.45) is 8.44. The number of ether oxygens (including phenoxy) is 2. The average Bonchev–Trinajstić information content (AvgIpc) is 3.46. The van der Waals surface area contributed by atoms with Gasteiger partial charge in [-0.25, -0.2) is 0 Å². The third-order valence-corrected chi connectivity index (χ3v) is 5.63. The van der Waals surface area contributed by atoms with E-state index in [1.54, 1.807) is 0 Å². The highest BCUT2D eigenvalue weighted by molar-refractivity contribution is 5.94. The van der Waals surface area contributed by atoms with E-state index in [-0.39, 0.29) is 24.7 Å². The molecule has 1 aromatic carbocycles. The number of carbonyl (C=O) groups excluding carboxylic acids is 1. The molecule has 3 aliphatic rings. The Hall–Kier alpha value is -1.85. The van der Waals surface area contributed by atoms with Crippen LogP contribution in [0, 0.1) is 0 Å². The summed E-state index contributed by atoms with van der Waals surface area (Å²) in [4.78, 5) is 14.6. The molecule has 1 heterocycles. The average molecular weight is 357 g/mol. The molecular formula is C21H27NO4. The van der Waals surface area contributed by atoms with Crippen molar-refractivity contribution in [3.8, 4) is 5.75 Å². The molecule has 1 amide bonds. The molecule has 0 spiro atoms. The van der Waals surface area contributed by atoms with Gasteiger partial charge in [0.25, 0.3) is 5.91 Å². The number of aliphatic hydroxyl groups is 1. The van der Waals surface area contributed by atoms with Crippen molar-refractivity contribution in [2.24, 2.45) is 0 Å². The molecule has 4 rings (SSSR count). The third-order valence-electron chi connectivity index (χ3n) is 5.63. The first-order valence-corrected chi connectivity index (χ1v) is 9.76. The van der Waals surface area contributed by atoms with Crippen molar-refractivity contribution in [2.45, 2.75) is 56.6 Å². The van der Waals surface area contributed by atoms with Crippen LogP contribution in [0.1, 0.15) is 50.0 Å². The topological polar surface area (TPSA) is 59.0 Å². The zero-order valence-corrected chi connectivity index (χ0v) is 15.1. The van der Waals surface area contributed by atoms with Crippen molar-refractivity contribution in [3.63, 3.8) is 0 Å². The Morgan fingerprint density at radius 3 is 2.42 bits per heavy atom. The standard InChI is InChI=1S/C21H27NO4/c23-13-14-25-18-9-5-17(6-10-18)22-12-11-20(21(22)24)26-19-7-3-16(4-8-19)15-1-2-15/h3-4,7-8,11,15,17-18,23H,1-2,5-6,9-10,12-14H2/t17-,18-. The monoisotopic (exact) mass is 357 g/mol. The fourth-order valence-electron chi connectivity index (χ4n) is 3.99. The molecule has 0 atom stereocenters. The van der Waals surface area contributed by atoms with Crippen LogP contribution < -0.4 is 4.74 Å². The maximum absolute atomic E-state index is 12.7. The molecule has 140 valence electrons. The van der Waals surface area contributed by atoms with Gasteiger partial charge >= 0.3 is 0 Å². The lowest BCUT2D eigenvalue weighted by Crippen LogP contribution is -2.41. The number of amides is 1. The minimum Gasteiger partial charge on any atom is -0.452 e. The van der Waals surface area contributed by atoms with Gasteiger partial charge in [-0.2, -0.15) is 0 Å². The fourth-order valence-corrected chi connectivity index (χ4v) is 3.99. The minimum absolute atomic E-state index is 0.00371. The molecule has 5 heteroatoms. The lowest BCUT2D eigenvalue weighted by atomic mass is 9.92. The molecule has 0 bridgehead atoms. The number of rotatable bonds is 7. The first-order valence-electron chi connectivity index (χ1n) is 9.76. The predicted octanol–water partition coefficient (Wildman–Crippen LogP) is 2.99. The van der Waals surface area contributed by atoms with Gasteiger partial charge in [0.15, 0.2) is 5.76 Å². The molecule has 0 aromatic heterocycles. The van der Waals surface area contributed by atoms with E-state index in [1.807, 2.05) is 23.1 Å². The minimum atomic E-state index is -0.00371. The first kappa shape index (κ1) is 17.6. The summed E-state index contributed by atoms with van der Waals surface area (Å²) in [5.41, 5.74) is 1.37. The normalized spacial score (nSPS) is 26.1. The number of aliphatic hydroxyl groups excluding tert-OH is 1. The van der Waals surface area contributed by atoms with Gasteiger partial charge in [0, 0.05) is 12.6 Å². The maximum atomic E-state index is 12.7. The number of carbonyl (C=O) groups is 1. The van der Waals surface area contributed by atoms with Crippen LogP contribution in [0.2, 0.25) is 0 Å². The van der Waals surface area contributed by atoms with Gasteiger partial charge in [0.05, 0.1) is 19.3 Å². The molecule has 0 saturated heterocycles. The van der Waals surface area contributed by atoms with Gasteiger partial charge in [0.1, 0.15) is 5.75 Å². The predicted molar refractivity (Wildman–Crippen MR) is 97.9 cm³/mol. The summed E-state index contributed by atoms with van der Waals surface area (Å²) in [6.45, 7) is 1.09. The smallest absolute Gasteiger partial charge is 0.289 e. The van der Waals surface area contributed by atoms with E-state index in [2.05, 4.69) is 12.1 Å². The summed E-state index contributed by atoms with van der Waals surface area (Å²) in [5, 5.41) is 8.85. The van der Waals surface area contributed by atoms with Crippen LogP contribution in [-0.4, -0.2) is 47.8 Å². The van der Waals surface area contributed by atoms with Gasteiger partial charge in [0.2, 0.25) is 0 Å². The summed E-state index contributed by atoms with van der Waals surface area (Å²) >= 11 is 0. The number of hydrogen-bond donors (Lipinski definition) is 1. The molecule has 1 N–H and O–H groups in total. The molecule has 0 unspecified atom stereocenters. The molecular weight excluding hydrogens is 330 g/mol. The van der Waals surface area contributed by atoms with Crippen LogP contribution in [0.15, 0.2) is 36.1 Å². The molecule has 2 saturated carbocycles. The van der Waals surface area contributed by atoms with Crippen molar-refractivity contribution < 1.29 is 19.4 Å². The van der Waals surface area contributed by atoms with E-state index < -0.39 is 0 Å². The van der Waals surface area contributed by atoms with Crippen molar-refractivity contribution in [2.75, 3.05) is 19.8 Å². The number of hydrogen-bond acceptors (Lipinski definition) is 4. The van der Waals surface area contributed by atoms with Gasteiger partial charge in [-0.3, -0.25) is 4.79 Å². The van der Waals surface area contributed by atoms with E-state index in [0.717, 1.165) is 37.4 Å². The Balaban J connectivity index is 1.29. The molecule has 2 aliphatic carbocycles. The van der Waals surface area contributed by atoms with Gasteiger partial charge < -0.3 is 19.5 Å². The second-order valence-corrected chi connectivity index (χ2v) is 7.50. The highest BCUT2D eigenvalue weighted by Crippen LogP contribution is 2.40. The van der Waals surface area contributed by atoms with Crippen molar-refractivity contribution in [3.05, 3.63) is 41.7 Å². The summed E-state index contributed by atoms with van der Waals surface area (Å²) in [5.74, 6) is 1.90. The Bertz CT molecular complexity index is 657. The zero-order valence-electron chi connectivity index (χ0n) is 15.1. The Labute approximate surface area is 154 Å². The molecule has 5 nitrogen and oxygen atoms in total. The molecule has 1 aromatic rings. The zero-order chi connectivity index (χ0) is 17.9. The van der Waals surface area contributed by atoms with Gasteiger partial charge in [-0.05, 0) is 68.2 Å². The number of benzene rings is 1. The first-order chi connectivity index (χ1) is 12.7. The third kappa shape index (κ3) is 3.94. The van der Waals surface area contributed by atoms with Gasteiger partial charge in [-0.1, -0.05) is 12.1 Å². The molecule has 26 heavy (non-hydrogen) atoms. The molecule has 1 aliphatic heterocycles. The number of nitrogens with zero attached hydrogens (tertiary/aromatic N) is 1. The summed E-state index contributed by atoms with van der Waals surface area (Å²) < 4.78 is 11.5. The lowest BCUT2D eigenvalue weighted by molar-refractivity contribution is -0.130. The quantitative estimate of drug-likeness (QED) is 0.815. The Morgan fingerprint density at radius 2 is 1.77 bits per heavy atom. The van der Waals surface area contributed by atoms with E-state index >= 15 is 0 Å². The van der Waals surface area contributed by atoms with E-state index in [4.69, 9.17) is 14.6 Å². The summed E-state index contributed by atoms with van der Waals surface area (Å²) in [6, 6.07) is 8.41. The van der Waals surface area contributed by atoms with E-state index in [1.165, 1.54) is 18.4 Å². The highest BCUT2D eigenvalue weighted by Gasteiger charge is 2.34. The van der Waals surface area contributed by atoms with Crippen LogP contribution in [0.3, 0.4) is 0 Å². The van der Waals surface area contributed by atoms with Crippen LogP contribution in [0.5, 0.6) is 5.75 Å². The Kier molecular flexibility index (Phi) is 5.27. The SMILES string of the molecule is O=C1C(Oc2ccc(C3CC3)cc2)=CCN1[C@H]1CC[C@H](OCCO)CC1. The fraction of sp³-hybridized carbons (Fsp3) is 0.571. The van der Waals surface area contributed by atoms with Crippen molar-refractivity contribution >= 4 is 5.91 Å². The van der Waals surface area contributed by atoms with E-state index in [0.29, 0.717) is 18.9 Å². The largest absolute Gasteiger partial charge is 0.452 e. The van der Waals surface area contributed by atoms with E-state index in [9.17, 15) is 4.79 Å². The van der Waals surface area contributed by atoms with Crippen LogP contribution in [0.25, 0.3) is 0 Å². The van der Waals surface area contributed by atoms with Gasteiger partial charge in [-0.15, -0.1) is 0 Å². The molecule has 0 radical (unpaired) electrons. The second-order valence-electron chi connectivity index (χ2n) is 7.50.